The van der Waals surface area contributed by atoms with Crippen LogP contribution in [0.25, 0.3) is 0 Å². The van der Waals surface area contributed by atoms with Crippen LogP contribution >= 0.6 is 15.9 Å². The number of halogens is 1. The van der Waals surface area contributed by atoms with Crippen molar-refractivity contribution in [3.8, 4) is 5.75 Å². The van der Waals surface area contributed by atoms with Crippen molar-refractivity contribution in [2.24, 2.45) is 5.41 Å². The van der Waals surface area contributed by atoms with Crippen LogP contribution in [0.1, 0.15) is 42.6 Å². The average Bonchev–Trinajstić information content (AvgIpc) is 2.96. The molecule has 1 N–H and O–H groups in total. The Morgan fingerprint density at radius 1 is 1.40 bits per heavy atom. The predicted octanol–water partition coefficient (Wildman–Crippen LogP) is 3.55. The van der Waals surface area contributed by atoms with E-state index in [-0.39, 0.29) is 11.3 Å². The summed E-state index contributed by atoms with van der Waals surface area (Å²) in [5.74, 6) is 0.922. The molecule has 1 aromatic carbocycles. The van der Waals surface area contributed by atoms with E-state index in [1.54, 1.807) is 0 Å². The highest BCUT2D eigenvalue weighted by Crippen LogP contribution is 2.28. The van der Waals surface area contributed by atoms with Crippen molar-refractivity contribution in [2.45, 2.75) is 33.1 Å². The van der Waals surface area contributed by atoms with Crippen LogP contribution in [-0.2, 0) is 6.42 Å². The van der Waals surface area contributed by atoms with Gasteiger partial charge in [0.15, 0.2) is 0 Å². The van der Waals surface area contributed by atoms with Gasteiger partial charge in [-0.05, 0) is 42.0 Å². The molecule has 0 saturated carbocycles. The lowest BCUT2D eigenvalue weighted by Crippen LogP contribution is -2.38. The van der Waals surface area contributed by atoms with Crippen LogP contribution in [0, 0.1) is 5.41 Å². The molecule has 0 fully saturated rings. The van der Waals surface area contributed by atoms with Crippen molar-refractivity contribution in [1.82, 2.24) is 5.32 Å². The standard InChI is InChI=1S/C16H22BrNO2/c1-3-16(4-2,10-17)11-18-15(19)13-5-6-14-12(9-13)7-8-20-14/h5-6,9H,3-4,7-8,10-11H2,1-2H3,(H,18,19). The van der Waals surface area contributed by atoms with Gasteiger partial charge in [-0.2, -0.15) is 0 Å². The van der Waals surface area contributed by atoms with E-state index in [4.69, 9.17) is 4.74 Å². The number of ether oxygens (including phenoxy) is 1. The van der Waals surface area contributed by atoms with Crippen LogP contribution in [0.5, 0.6) is 5.75 Å². The summed E-state index contributed by atoms with van der Waals surface area (Å²) in [7, 11) is 0. The van der Waals surface area contributed by atoms with Crippen molar-refractivity contribution in [3.05, 3.63) is 29.3 Å². The third kappa shape index (κ3) is 3.17. The molecule has 0 radical (unpaired) electrons. The van der Waals surface area contributed by atoms with Crippen LogP contribution in [0.4, 0.5) is 0 Å². The topological polar surface area (TPSA) is 38.3 Å². The van der Waals surface area contributed by atoms with Gasteiger partial charge in [-0.25, -0.2) is 0 Å². The number of hydrogen-bond acceptors (Lipinski definition) is 2. The van der Waals surface area contributed by atoms with Gasteiger partial charge in [0.2, 0.25) is 0 Å². The number of carbonyl (C=O) groups is 1. The van der Waals surface area contributed by atoms with Gasteiger partial charge in [-0.3, -0.25) is 4.79 Å². The van der Waals surface area contributed by atoms with Crippen molar-refractivity contribution in [2.75, 3.05) is 18.5 Å². The van der Waals surface area contributed by atoms with E-state index in [2.05, 4.69) is 35.1 Å². The second-order valence-corrected chi connectivity index (χ2v) is 6.01. The number of alkyl halides is 1. The molecule has 0 spiro atoms. The smallest absolute Gasteiger partial charge is 0.251 e. The first-order valence-corrected chi connectivity index (χ1v) is 8.36. The maximum Gasteiger partial charge on any atom is 0.251 e. The number of nitrogens with one attached hydrogen (secondary N) is 1. The average molecular weight is 340 g/mol. The van der Waals surface area contributed by atoms with Crippen molar-refractivity contribution in [3.63, 3.8) is 0 Å². The number of benzene rings is 1. The molecular weight excluding hydrogens is 318 g/mol. The molecular formula is C16H22BrNO2. The first-order valence-electron chi connectivity index (χ1n) is 7.24. The maximum absolute atomic E-state index is 12.3. The van der Waals surface area contributed by atoms with Crippen LogP contribution in [-0.4, -0.2) is 24.4 Å². The Morgan fingerprint density at radius 3 is 2.80 bits per heavy atom. The Hall–Kier alpha value is -1.03. The molecule has 0 unspecified atom stereocenters. The highest BCUT2D eigenvalue weighted by molar-refractivity contribution is 9.09. The van der Waals surface area contributed by atoms with Gasteiger partial charge in [0.25, 0.3) is 5.91 Å². The van der Waals surface area contributed by atoms with Crippen LogP contribution in [0.15, 0.2) is 18.2 Å². The minimum absolute atomic E-state index is 0.00641. The molecule has 3 nitrogen and oxygen atoms in total. The number of carbonyl (C=O) groups excluding carboxylic acids is 1. The molecule has 4 heteroatoms. The first-order chi connectivity index (χ1) is 9.64. The highest BCUT2D eigenvalue weighted by atomic mass is 79.9. The SMILES string of the molecule is CCC(CC)(CBr)CNC(=O)c1ccc2c(c1)CCO2. The first kappa shape index (κ1) is 15.4. The summed E-state index contributed by atoms with van der Waals surface area (Å²) in [4.78, 5) is 12.3. The Labute approximate surface area is 129 Å². The quantitative estimate of drug-likeness (QED) is 0.805. The lowest BCUT2D eigenvalue weighted by atomic mass is 9.84. The largest absolute Gasteiger partial charge is 0.493 e. The van der Waals surface area contributed by atoms with Crippen molar-refractivity contribution >= 4 is 21.8 Å². The second-order valence-electron chi connectivity index (χ2n) is 5.44. The van der Waals surface area contributed by atoms with Crippen LogP contribution in [0.3, 0.4) is 0 Å². The van der Waals surface area contributed by atoms with Gasteiger partial charge in [0, 0.05) is 23.9 Å². The molecule has 1 heterocycles. The summed E-state index contributed by atoms with van der Waals surface area (Å²) < 4.78 is 5.46. The molecule has 0 saturated heterocycles. The van der Waals surface area contributed by atoms with E-state index in [0.717, 1.165) is 48.1 Å². The molecule has 1 amide bonds. The van der Waals surface area contributed by atoms with E-state index >= 15 is 0 Å². The third-order valence-electron chi connectivity index (χ3n) is 4.36. The highest BCUT2D eigenvalue weighted by Gasteiger charge is 2.25. The molecule has 2 rings (SSSR count). The van der Waals surface area contributed by atoms with Crippen molar-refractivity contribution < 1.29 is 9.53 Å². The van der Waals surface area contributed by atoms with Gasteiger partial charge in [0.05, 0.1) is 6.61 Å². The Bertz CT molecular complexity index is 475. The van der Waals surface area contributed by atoms with Crippen molar-refractivity contribution in [1.29, 1.82) is 0 Å². The Balaban J connectivity index is 2.02. The predicted molar refractivity (Wildman–Crippen MR) is 84.8 cm³/mol. The fourth-order valence-electron chi connectivity index (χ4n) is 2.43. The third-order valence-corrected chi connectivity index (χ3v) is 5.55. The number of hydrogen-bond donors (Lipinski definition) is 1. The molecule has 110 valence electrons. The number of amides is 1. The minimum Gasteiger partial charge on any atom is -0.493 e. The zero-order chi connectivity index (χ0) is 14.6. The zero-order valence-electron chi connectivity index (χ0n) is 12.2. The summed E-state index contributed by atoms with van der Waals surface area (Å²) >= 11 is 3.57. The minimum atomic E-state index is 0.00641. The summed E-state index contributed by atoms with van der Waals surface area (Å²) in [6, 6.07) is 5.69. The van der Waals surface area contributed by atoms with Gasteiger partial charge in [-0.15, -0.1) is 0 Å². The number of fused-ring (bicyclic) bond motifs is 1. The molecule has 0 bridgehead atoms. The van der Waals surface area contributed by atoms with Crippen LogP contribution in [0.2, 0.25) is 0 Å². The second kappa shape index (κ2) is 6.61. The normalized spacial score (nSPS) is 13.8. The van der Waals surface area contributed by atoms with Crippen LogP contribution < -0.4 is 10.1 Å². The Kier molecular flexibility index (Phi) is 5.08. The van der Waals surface area contributed by atoms with E-state index in [1.807, 2.05) is 18.2 Å². The summed E-state index contributed by atoms with van der Waals surface area (Å²) in [5.41, 5.74) is 2.01. The van der Waals surface area contributed by atoms with Gasteiger partial charge >= 0.3 is 0 Å². The van der Waals surface area contributed by atoms with Gasteiger partial charge < -0.3 is 10.1 Å². The van der Waals surface area contributed by atoms with E-state index in [1.165, 1.54) is 0 Å². The summed E-state index contributed by atoms with van der Waals surface area (Å²) in [6.45, 7) is 5.77. The monoisotopic (exact) mass is 339 g/mol. The van der Waals surface area contributed by atoms with E-state index in [9.17, 15) is 4.79 Å². The summed E-state index contributed by atoms with van der Waals surface area (Å²) in [5, 5.41) is 3.98. The summed E-state index contributed by atoms with van der Waals surface area (Å²) in [6.07, 6.45) is 2.99. The Morgan fingerprint density at radius 2 is 2.15 bits per heavy atom. The fraction of sp³-hybridized carbons (Fsp3) is 0.562. The van der Waals surface area contributed by atoms with Gasteiger partial charge in [0.1, 0.15) is 5.75 Å². The maximum atomic E-state index is 12.3. The molecule has 1 aliphatic rings. The lowest BCUT2D eigenvalue weighted by molar-refractivity contribution is 0.0932. The lowest BCUT2D eigenvalue weighted by Gasteiger charge is -2.29. The molecule has 20 heavy (non-hydrogen) atoms. The zero-order valence-corrected chi connectivity index (χ0v) is 13.8. The number of rotatable bonds is 6. The molecule has 0 aliphatic carbocycles. The molecule has 0 aromatic heterocycles. The van der Waals surface area contributed by atoms with E-state index in [0.29, 0.717) is 6.54 Å². The molecule has 1 aromatic rings. The van der Waals surface area contributed by atoms with Gasteiger partial charge in [-0.1, -0.05) is 29.8 Å². The molecule has 0 atom stereocenters. The fourth-order valence-corrected chi connectivity index (χ4v) is 3.43. The molecule has 1 aliphatic heterocycles. The van der Waals surface area contributed by atoms with E-state index < -0.39 is 0 Å².